The van der Waals surface area contributed by atoms with Gasteiger partial charge in [-0.2, -0.15) is 0 Å². The molecule has 0 saturated heterocycles. The zero-order chi connectivity index (χ0) is 10.0. The van der Waals surface area contributed by atoms with Crippen LogP contribution in [-0.4, -0.2) is 10.1 Å². The van der Waals surface area contributed by atoms with Gasteiger partial charge >= 0.3 is 0 Å². The Balaban J connectivity index is 2.90. The highest BCUT2D eigenvalue weighted by Gasteiger charge is 2.17. The summed E-state index contributed by atoms with van der Waals surface area (Å²) in [5.74, 6) is 0.190. The lowest BCUT2D eigenvalue weighted by atomic mass is 10.1. The van der Waals surface area contributed by atoms with Crippen LogP contribution in [0.2, 0.25) is 0 Å². The number of aromatic nitrogens is 1. The summed E-state index contributed by atoms with van der Waals surface area (Å²) in [6.07, 6.45) is 0.347. The lowest BCUT2D eigenvalue weighted by Gasteiger charge is -2.10. The van der Waals surface area contributed by atoms with Crippen molar-refractivity contribution in [3.8, 4) is 0 Å². The fourth-order valence-corrected chi connectivity index (χ4v) is 2.13. The Kier molecular flexibility index (Phi) is 3.27. The van der Waals surface area contributed by atoms with Gasteiger partial charge < -0.3 is 10.8 Å². The molecule has 1 aromatic rings. The Labute approximate surface area is 82.6 Å². The molecule has 13 heavy (non-hydrogen) atoms. The van der Waals surface area contributed by atoms with Crippen LogP contribution in [0.4, 0.5) is 5.00 Å². The molecule has 1 atom stereocenters. The molecular formula is C9H16N2OS. The second-order valence-corrected chi connectivity index (χ2v) is 4.47. The second-order valence-electron chi connectivity index (χ2n) is 3.41. The lowest BCUT2D eigenvalue weighted by Crippen LogP contribution is -2.04. The number of nitrogen functional groups attached to an aromatic ring is 1. The third-order valence-corrected chi connectivity index (χ3v) is 2.96. The van der Waals surface area contributed by atoms with Crippen LogP contribution in [-0.2, 0) is 6.42 Å². The molecule has 1 aromatic heterocycles. The van der Waals surface area contributed by atoms with E-state index in [0.29, 0.717) is 0 Å². The summed E-state index contributed by atoms with van der Waals surface area (Å²) >= 11 is 1.39. The summed E-state index contributed by atoms with van der Waals surface area (Å²) in [7, 11) is 0. The highest BCUT2D eigenvalue weighted by molar-refractivity contribution is 7.15. The van der Waals surface area contributed by atoms with Gasteiger partial charge in [-0.15, -0.1) is 0 Å². The first-order valence-corrected chi connectivity index (χ1v) is 5.31. The van der Waals surface area contributed by atoms with Gasteiger partial charge in [0.25, 0.3) is 0 Å². The first-order chi connectivity index (χ1) is 6.06. The van der Waals surface area contributed by atoms with Crippen molar-refractivity contribution >= 4 is 16.3 Å². The van der Waals surface area contributed by atoms with E-state index >= 15 is 0 Å². The maximum atomic E-state index is 9.72. The molecular weight excluding hydrogens is 184 g/mol. The van der Waals surface area contributed by atoms with Gasteiger partial charge in [0.1, 0.15) is 16.1 Å². The summed E-state index contributed by atoms with van der Waals surface area (Å²) in [6, 6.07) is 0. The van der Waals surface area contributed by atoms with Gasteiger partial charge in [-0.25, -0.2) is 4.98 Å². The summed E-state index contributed by atoms with van der Waals surface area (Å²) in [4.78, 5) is 4.29. The fourth-order valence-electron chi connectivity index (χ4n) is 1.05. The number of rotatable bonds is 3. The number of aliphatic hydroxyl groups is 1. The molecule has 0 aliphatic heterocycles. The van der Waals surface area contributed by atoms with Crippen LogP contribution in [0.3, 0.4) is 0 Å². The molecule has 0 bridgehead atoms. The molecule has 0 fully saturated rings. The van der Waals surface area contributed by atoms with Crippen molar-refractivity contribution in [2.75, 3.05) is 5.73 Å². The maximum Gasteiger partial charge on any atom is 0.124 e. The number of nitrogens with zero attached hydrogens (tertiary/aromatic N) is 1. The van der Waals surface area contributed by atoms with Crippen LogP contribution in [0.15, 0.2) is 0 Å². The topological polar surface area (TPSA) is 59.1 Å². The van der Waals surface area contributed by atoms with E-state index in [1.807, 2.05) is 20.8 Å². The number of nitrogens with two attached hydrogens (primary N) is 1. The zero-order valence-electron chi connectivity index (χ0n) is 8.24. The monoisotopic (exact) mass is 200 g/mol. The highest BCUT2D eigenvalue weighted by atomic mass is 32.1. The second kappa shape index (κ2) is 4.07. The Morgan fingerprint density at radius 3 is 2.54 bits per heavy atom. The minimum absolute atomic E-state index is 0.190. The number of aliphatic hydroxyl groups excluding tert-OH is 1. The van der Waals surface area contributed by atoms with Crippen LogP contribution in [0.5, 0.6) is 0 Å². The van der Waals surface area contributed by atoms with Crippen molar-refractivity contribution in [3.05, 3.63) is 10.7 Å². The van der Waals surface area contributed by atoms with E-state index in [4.69, 9.17) is 5.73 Å². The van der Waals surface area contributed by atoms with Crippen LogP contribution in [0.1, 0.15) is 37.6 Å². The number of hydrogen-bond donors (Lipinski definition) is 2. The molecule has 1 heterocycles. The summed E-state index contributed by atoms with van der Waals surface area (Å²) in [5, 5.41) is 11.2. The van der Waals surface area contributed by atoms with Crippen molar-refractivity contribution in [2.24, 2.45) is 5.92 Å². The highest BCUT2D eigenvalue weighted by Crippen LogP contribution is 2.29. The van der Waals surface area contributed by atoms with Gasteiger partial charge in [-0.3, -0.25) is 0 Å². The van der Waals surface area contributed by atoms with Crippen molar-refractivity contribution in [1.29, 1.82) is 0 Å². The third-order valence-electron chi connectivity index (χ3n) is 1.96. The average molecular weight is 200 g/mol. The molecule has 0 amide bonds. The van der Waals surface area contributed by atoms with E-state index in [1.54, 1.807) is 0 Å². The summed E-state index contributed by atoms with van der Waals surface area (Å²) in [5.41, 5.74) is 6.64. The van der Waals surface area contributed by atoms with Crippen molar-refractivity contribution in [2.45, 2.75) is 33.3 Å². The van der Waals surface area contributed by atoms with E-state index in [2.05, 4.69) is 4.98 Å². The SMILES string of the molecule is CCc1nc(C(O)C(C)C)sc1N. The van der Waals surface area contributed by atoms with E-state index in [1.165, 1.54) is 11.3 Å². The lowest BCUT2D eigenvalue weighted by molar-refractivity contribution is 0.126. The minimum atomic E-state index is -0.479. The minimum Gasteiger partial charge on any atom is -0.389 e. The maximum absolute atomic E-state index is 9.72. The van der Waals surface area contributed by atoms with Crippen molar-refractivity contribution in [1.82, 2.24) is 4.98 Å². The van der Waals surface area contributed by atoms with Crippen molar-refractivity contribution in [3.63, 3.8) is 0 Å². The van der Waals surface area contributed by atoms with E-state index < -0.39 is 6.10 Å². The number of anilines is 1. The average Bonchev–Trinajstić information content (AvgIpc) is 2.45. The van der Waals surface area contributed by atoms with Crippen LogP contribution < -0.4 is 5.73 Å². The molecule has 3 nitrogen and oxygen atoms in total. The summed E-state index contributed by atoms with van der Waals surface area (Å²) < 4.78 is 0. The number of hydrogen-bond acceptors (Lipinski definition) is 4. The zero-order valence-corrected chi connectivity index (χ0v) is 9.06. The van der Waals surface area contributed by atoms with Crippen molar-refractivity contribution < 1.29 is 5.11 Å². The summed E-state index contributed by atoms with van der Waals surface area (Å²) in [6.45, 7) is 5.94. The smallest absolute Gasteiger partial charge is 0.124 e. The van der Waals surface area contributed by atoms with Gasteiger partial charge in [0.05, 0.1) is 5.69 Å². The standard InChI is InChI=1S/C9H16N2OS/c1-4-6-8(10)13-9(11-6)7(12)5(2)3/h5,7,12H,4,10H2,1-3H3. The number of thiazole rings is 1. The number of aryl methyl sites for hydroxylation is 1. The van der Waals surface area contributed by atoms with Crippen LogP contribution in [0.25, 0.3) is 0 Å². The predicted molar refractivity (Wildman–Crippen MR) is 55.7 cm³/mol. The van der Waals surface area contributed by atoms with Gasteiger partial charge in [0.2, 0.25) is 0 Å². The molecule has 1 unspecified atom stereocenters. The Hall–Kier alpha value is -0.610. The Morgan fingerprint density at radius 2 is 2.15 bits per heavy atom. The molecule has 0 radical (unpaired) electrons. The molecule has 0 aliphatic rings. The molecule has 0 spiro atoms. The predicted octanol–water partition coefficient (Wildman–Crippen LogP) is 1.98. The molecule has 74 valence electrons. The molecule has 3 N–H and O–H groups in total. The third kappa shape index (κ3) is 2.19. The first kappa shape index (κ1) is 10.5. The van der Waals surface area contributed by atoms with Gasteiger partial charge in [0.15, 0.2) is 0 Å². The van der Waals surface area contributed by atoms with Gasteiger partial charge in [0, 0.05) is 0 Å². The molecule has 0 saturated carbocycles. The Morgan fingerprint density at radius 1 is 1.54 bits per heavy atom. The largest absolute Gasteiger partial charge is 0.389 e. The normalized spacial score (nSPS) is 13.6. The van der Waals surface area contributed by atoms with E-state index in [0.717, 1.165) is 22.1 Å². The molecule has 1 rings (SSSR count). The fraction of sp³-hybridized carbons (Fsp3) is 0.667. The molecule has 0 aromatic carbocycles. The van der Waals surface area contributed by atoms with E-state index in [-0.39, 0.29) is 5.92 Å². The Bertz CT molecular complexity index is 283. The van der Waals surface area contributed by atoms with Crippen LogP contribution in [0, 0.1) is 5.92 Å². The van der Waals surface area contributed by atoms with Gasteiger partial charge in [-0.05, 0) is 12.3 Å². The van der Waals surface area contributed by atoms with E-state index in [9.17, 15) is 5.11 Å². The molecule has 0 aliphatic carbocycles. The first-order valence-electron chi connectivity index (χ1n) is 4.49. The molecule has 4 heteroatoms. The van der Waals surface area contributed by atoms with Crippen LogP contribution >= 0.6 is 11.3 Å². The van der Waals surface area contributed by atoms with Gasteiger partial charge in [-0.1, -0.05) is 32.1 Å². The quantitative estimate of drug-likeness (QED) is 0.784.